The van der Waals surface area contributed by atoms with E-state index in [-0.39, 0.29) is 22.9 Å². The van der Waals surface area contributed by atoms with E-state index in [0.29, 0.717) is 16.3 Å². The number of ether oxygens (including phenoxy) is 1. The zero-order valence-corrected chi connectivity index (χ0v) is 14.0. The summed E-state index contributed by atoms with van der Waals surface area (Å²) in [4.78, 5) is 12.2. The Morgan fingerprint density at radius 2 is 2.08 bits per heavy atom. The topological polar surface area (TPSA) is 70.9 Å². The largest absolute Gasteiger partial charge is 0.506 e. The van der Waals surface area contributed by atoms with Crippen LogP contribution in [-0.2, 0) is 0 Å². The molecule has 0 aromatic heterocycles. The van der Waals surface area contributed by atoms with Crippen molar-refractivity contribution in [2.75, 3.05) is 6.61 Å². The molecule has 0 atom stereocenters. The molecule has 2 aromatic rings. The first-order valence-electron chi connectivity index (χ1n) is 6.87. The molecule has 5 nitrogen and oxygen atoms in total. The number of rotatable bonds is 6. The van der Waals surface area contributed by atoms with Crippen molar-refractivity contribution in [1.82, 2.24) is 5.43 Å². The van der Waals surface area contributed by atoms with E-state index in [4.69, 9.17) is 27.9 Å². The van der Waals surface area contributed by atoms with E-state index < -0.39 is 5.91 Å². The van der Waals surface area contributed by atoms with E-state index in [1.165, 1.54) is 18.3 Å². The van der Waals surface area contributed by atoms with Crippen molar-refractivity contribution in [3.63, 3.8) is 0 Å². The molecular formula is C17H14Cl2N2O3. The van der Waals surface area contributed by atoms with Gasteiger partial charge in [0.1, 0.15) is 18.1 Å². The van der Waals surface area contributed by atoms with Gasteiger partial charge >= 0.3 is 0 Å². The van der Waals surface area contributed by atoms with Crippen LogP contribution in [0.1, 0.15) is 15.9 Å². The van der Waals surface area contributed by atoms with Crippen molar-refractivity contribution in [3.8, 4) is 11.5 Å². The highest BCUT2D eigenvalue weighted by molar-refractivity contribution is 6.36. The van der Waals surface area contributed by atoms with Crippen LogP contribution in [-0.4, -0.2) is 23.8 Å². The molecule has 7 heteroatoms. The van der Waals surface area contributed by atoms with Gasteiger partial charge in [0.2, 0.25) is 0 Å². The first-order chi connectivity index (χ1) is 11.5. The summed E-state index contributed by atoms with van der Waals surface area (Å²) in [6, 6.07) is 9.62. The Hall–Kier alpha value is -2.50. The summed E-state index contributed by atoms with van der Waals surface area (Å²) in [6.07, 6.45) is 2.83. The molecule has 124 valence electrons. The Morgan fingerprint density at radius 1 is 1.33 bits per heavy atom. The van der Waals surface area contributed by atoms with Gasteiger partial charge in [-0.2, -0.15) is 5.10 Å². The van der Waals surface area contributed by atoms with Crippen LogP contribution in [0.25, 0.3) is 0 Å². The molecule has 2 aromatic carbocycles. The minimum atomic E-state index is -0.460. The van der Waals surface area contributed by atoms with Crippen LogP contribution in [0.2, 0.25) is 10.0 Å². The maximum Gasteiger partial charge on any atom is 0.275 e. The first kappa shape index (κ1) is 17.8. The second-order valence-electron chi connectivity index (χ2n) is 4.62. The van der Waals surface area contributed by atoms with Crippen LogP contribution in [0.15, 0.2) is 54.2 Å². The predicted molar refractivity (Wildman–Crippen MR) is 95.3 cm³/mol. The van der Waals surface area contributed by atoms with Gasteiger partial charge in [-0.05, 0) is 24.3 Å². The molecule has 2 N–H and O–H groups in total. The number of phenolic OH excluding ortho intramolecular Hbond substituents is 1. The highest BCUT2D eigenvalue weighted by atomic mass is 35.5. The molecule has 0 unspecified atom stereocenters. The summed E-state index contributed by atoms with van der Waals surface area (Å²) in [5, 5.41) is 14.1. The SMILES string of the molecule is C=CCOc1ccccc1C(=O)NN=Cc1cc(Cl)cc(Cl)c1O. The Morgan fingerprint density at radius 3 is 2.83 bits per heavy atom. The number of carbonyl (C=O) groups is 1. The summed E-state index contributed by atoms with van der Waals surface area (Å²) >= 11 is 11.7. The second kappa shape index (κ2) is 8.38. The molecular weight excluding hydrogens is 351 g/mol. The third-order valence-electron chi connectivity index (χ3n) is 2.92. The zero-order valence-electron chi connectivity index (χ0n) is 12.5. The van der Waals surface area contributed by atoms with Gasteiger partial charge in [-0.3, -0.25) is 4.79 Å². The van der Waals surface area contributed by atoms with Crippen LogP contribution in [0.5, 0.6) is 11.5 Å². The molecule has 0 heterocycles. The molecule has 0 spiro atoms. The molecule has 0 saturated carbocycles. The maximum atomic E-state index is 12.2. The van der Waals surface area contributed by atoms with E-state index in [1.54, 1.807) is 30.3 Å². The average Bonchev–Trinajstić information content (AvgIpc) is 2.57. The molecule has 0 radical (unpaired) electrons. The molecule has 0 saturated heterocycles. The molecule has 2 rings (SSSR count). The highest BCUT2D eigenvalue weighted by Crippen LogP contribution is 2.29. The van der Waals surface area contributed by atoms with Crippen molar-refractivity contribution < 1.29 is 14.6 Å². The van der Waals surface area contributed by atoms with Crippen molar-refractivity contribution in [2.24, 2.45) is 5.10 Å². The number of nitrogens with zero attached hydrogens (tertiary/aromatic N) is 1. The van der Waals surface area contributed by atoms with Gasteiger partial charge in [0, 0.05) is 10.6 Å². The fourth-order valence-electron chi connectivity index (χ4n) is 1.83. The molecule has 1 amide bonds. The van der Waals surface area contributed by atoms with E-state index in [2.05, 4.69) is 17.1 Å². The number of halogens is 2. The number of aromatic hydroxyl groups is 1. The molecule has 0 aliphatic carbocycles. The number of para-hydroxylation sites is 1. The smallest absolute Gasteiger partial charge is 0.275 e. The molecule has 0 aliphatic heterocycles. The number of carbonyl (C=O) groups excluding carboxylic acids is 1. The van der Waals surface area contributed by atoms with E-state index in [9.17, 15) is 9.90 Å². The number of hydrazone groups is 1. The maximum absolute atomic E-state index is 12.2. The first-order valence-corrected chi connectivity index (χ1v) is 7.62. The average molecular weight is 365 g/mol. The quantitative estimate of drug-likeness (QED) is 0.461. The lowest BCUT2D eigenvalue weighted by atomic mass is 10.2. The van der Waals surface area contributed by atoms with Gasteiger partial charge in [0.25, 0.3) is 5.91 Å². The monoisotopic (exact) mass is 364 g/mol. The Balaban J connectivity index is 2.12. The fraction of sp³-hybridized carbons (Fsp3) is 0.0588. The zero-order chi connectivity index (χ0) is 17.5. The van der Waals surface area contributed by atoms with Gasteiger partial charge in [-0.25, -0.2) is 5.43 Å². The van der Waals surface area contributed by atoms with Crippen LogP contribution >= 0.6 is 23.2 Å². The summed E-state index contributed by atoms with van der Waals surface area (Å²) in [5.41, 5.74) is 2.96. The van der Waals surface area contributed by atoms with Crippen LogP contribution in [0.3, 0.4) is 0 Å². The third-order valence-corrected chi connectivity index (χ3v) is 3.42. The number of nitrogens with one attached hydrogen (secondary N) is 1. The summed E-state index contributed by atoms with van der Waals surface area (Å²) < 4.78 is 5.42. The van der Waals surface area contributed by atoms with Crippen molar-refractivity contribution in [2.45, 2.75) is 0 Å². The number of hydrogen-bond donors (Lipinski definition) is 2. The van der Waals surface area contributed by atoms with Crippen molar-refractivity contribution in [3.05, 3.63) is 70.2 Å². The minimum Gasteiger partial charge on any atom is -0.506 e. The normalized spacial score (nSPS) is 10.6. The second-order valence-corrected chi connectivity index (χ2v) is 5.46. The van der Waals surface area contributed by atoms with Gasteiger partial charge < -0.3 is 9.84 Å². The van der Waals surface area contributed by atoms with E-state index in [0.717, 1.165) is 0 Å². The lowest BCUT2D eigenvalue weighted by molar-refractivity contribution is 0.0951. The van der Waals surface area contributed by atoms with E-state index in [1.807, 2.05) is 0 Å². The predicted octanol–water partition coefficient (Wildman–Crippen LogP) is 4.03. The van der Waals surface area contributed by atoms with Crippen molar-refractivity contribution >= 4 is 35.3 Å². The van der Waals surface area contributed by atoms with Crippen molar-refractivity contribution in [1.29, 1.82) is 0 Å². The molecule has 24 heavy (non-hydrogen) atoms. The third kappa shape index (κ3) is 4.50. The lowest BCUT2D eigenvalue weighted by Crippen LogP contribution is -2.18. The molecule has 0 fully saturated rings. The van der Waals surface area contributed by atoms with Gasteiger partial charge in [0.05, 0.1) is 16.8 Å². The Labute approximate surface area is 149 Å². The van der Waals surface area contributed by atoms with Gasteiger partial charge in [0.15, 0.2) is 0 Å². The standard InChI is InChI=1S/C17H14Cl2N2O3/c1-2-7-24-15-6-4-3-5-13(15)17(23)21-20-10-11-8-12(18)9-14(19)16(11)22/h2-6,8-10,22H,1,7H2,(H,21,23). The number of benzene rings is 2. The Kier molecular flexibility index (Phi) is 6.23. The van der Waals surface area contributed by atoms with Crippen LogP contribution in [0, 0.1) is 0 Å². The number of amides is 1. The minimum absolute atomic E-state index is 0.0958. The molecule has 0 aliphatic rings. The number of phenols is 1. The van der Waals surface area contributed by atoms with E-state index >= 15 is 0 Å². The Bertz CT molecular complexity index is 791. The number of hydrogen-bond acceptors (Lipinski definition) is 4. The highest BCUT2D eigenvalue weighted by Gasteiger charge is 2.11. The fourth-order valence-corrected chi connectivity index (χ4v) is 2.34. The van der Waals surface area contributed by atoms with Crippen LogP contribution in [0.4, 0.5) is 0 Å². The van der Waals surface area contributed by atoms with Gasteiger partial charge in [-0.15, -0.1) is 0 Å². The summed E-state index contributed by atoms with van der Waals surface area (Å²) in [7, 11) is 0. The van der Waals surface area contributed by atoms with Gasteiger partial charge in [-0.1, -0.05) is 48.0 Å². The summed E-state index contributed by atoms with van der Waals surface area (Å²) in [5.74, 6) is -0.217. The van der Waals surface area contributed by atoms with Crippen LogP contribution < -0.4 is 10.2 Å². The summed E-state index contributed by atoms with van der Waals surface area (Å²) in [6.45, 7) is 3.84. The lowest BCUT2D eigenvalue weighted by Gasteiger charge is -2.08. The molecule has 0 bridgehead atoms.